The molecule has 0 bridgehead atoms. The highest BCUT2D eigenvalue weighted by Crippen LogP contribution is 2.23. The van der Waals surface area contributed by atoms with Gasteiger partial charge in [0.05, 0.1) is 5.92 Å². The summed E-state index contributed by atoms with van der Waals surface area (Å²) in [4.78, 5) is 20.5. The Balaban J connectivity index is 2.29. The fourth-order valence-corrected chi connectivity index (χ4v) is 1.57. The van der Waals surface area contributed by atoms with Gasteiger partial charge in [-0.3, -0.25) is 9.59 Å². The third kappa shape index (κ3) is 2.22. The average molecular weight is 170 g/mol. The molecule has 1 saturated carbocycles. The van der Waals surface area contributed by atoms with Gasteiger partial charge in [0, 0.05) is 6.04 Å². The molecule has 1 radical (unpaired) electrons. The van der Waals surface area contributed by atoms with Crippen LogP contribution in [0, 0.1) is 5.92 Å². The molecule has 4 heteroatoms. The first-order valence-electron chi connectivity index (χ1n) is 4.09. The van der Waals surface area contributed by atoms with Crippen LogP contribution in [0.15, 0.2) is 0 Å². The van der Waals surface area contributed by atoms with Crippen molar-refractivity contribution in [3.63, 3.8) is 0 Å². The van der Waals surface area contributed by atoms with Crippen LogP contribution < -0.4 is 5.32 Å². The lowest BCUT2D eigenvalue weighted by Crippen LogP contribution is -2.33. The van der Waals surface area contributed by atoms with Gasteiger partial charge in [-0.1, -0.05) is 0 Å². The maximum absolute atomic E-state index is 10.5. The predicted molar refractivity (Wildman–Crippen MR) is 42.2 cm³/mol. The van der Waals surface area contributed by atoms with Gasteiger partial charge in [-0.2, -0.15) is 0 Å². The molecule has 0 aliphatic heterocycles. The van der Waals surface area contributed by atoms with Gasteiger partial charge in [-0.25, -0.2) is 0 Å². The third-order valence-electron chi connectivity index (χ3n) is 2.34. The summed E-state index contributed by atoms with van der Waals surface area (Å²) < 4.78 is 0. The largest absolute Gasteiger partial charge is 0.481 e. The average Bonchev–Trinajstić information content (AvgIpc) is 2.06. The first kappa shape index (κ1) is 9.03. The first-order valence-corrected chi connectivity index (χ1v) is 4.09. The van der Waals surface area contributed by atoms with Gasteiger partial charge in [-0.15, -0.1) is 0 Å². The molecule has 0 unspecified atom stereocenters. The summed E-state index contributed by atoms with van der Waals surface area (Å²) in [6, 6.07) is 0.137. The van der Waals surface area contributed by atoms with Gasteiger partial charge in [-0.05, 0) is 25.7 Å². The number of carbonyl (C=O) groups is 1. The molecule has 2 N–H and O–H groups in total. The molecule has 67 valence electrons. The van der Waals surface area contributed by atoms with Crippen molar-refractivity contribution in [2.24, 2.45) is 5.92 Å². The van der Waals surface area contributed by atoms with Crippen molar-refractivity contribution in [1.29, 1.82) is 0 Å². The Bertz CT molecular complexity index is 173. The lowest BCUT2D eigenvalue weighted by atomic mass is 9.86. The van der Waals surface area contributed by atoms with E-state index in [0.717, 1.165) is 12.8 Å². The molecule has 1 amide bonds. The summed E-state index contributed by atoms with van der Waals surface area (Å²) in [5.41, 5.74) is 0. The van der Waals surface area contributed by atoms with Gasteiger partial charge in [0.15, 0.2) is 0 Å². The fourth-order valence-electron chi connectivity index (χ4n) is 1.57. The van der Waals surface area contributed by atoms with E-state index in [1.807, 2.05) is 0 Å². The Morgan fingerprint density at radius 2 is 1.92 bits per heavy atom. The Labute approximate surface area is 71.0 Å². The van der Waals surface area contributed by atoms with Crippen molar-refractivity contribution >= 4 is 12.4 Å². The second-order valence-electron chi connectivity index (χ2n) is 3.13. The number of hydrogen-bond donors (Lipinski definition) is 2. The van der Waals surface area contributed by atoms with E-state index in [-0.39, 0.29) is 12.0 Å². The van der Waals surface area contributed by atoms with Gasteiger partial charge in [0.2, 0.25) is 0 Å². The molecule has 0 aromatic rings. The fraction of sp³-hybridized carbons (Fsp3) is 0.750. The van der Waals surface area contributed by atoms with E-state index >= 15 is 0 Å². The molecular formula is C8H12NO3. The van der Waals surface area contributed by atoms with E-state index in [1.54, 1.807) is 6.41 Å². The Morgan fingerprint density at radius 3 is 2.33 bits per heavy atom. The second-order valence-corrected chi connectivity index (χ2v) is 3.13. The van der Waals surface area contributed by atoms with Gasteiger partial charge < -0.3 is 10.4 Å². The monoisotopic (exact) mass is 170 g/mol. The topological polar surface area (TPSA) is 66.4 Å². The second kappa shape index (κ2) is 4.09. The molecular weight excluding hydrogens is 158 g/mol. The van der Waals surface area contributed by atoms with Crippen LogP contribution in [0.2, 0.25) is 0 Å². The summed E-state index contributed by atoms with van der Waals surface area (Å²) in [6.07, 6.45) is 4.47. The van der Waals surface area contributed by atoms with Gasteiger partial charge in [0.25, 0.3) is 0 Å². The third-order valence-corrected chi connectivity index (χ3v) is 2.34. The zero-order valence-corrected chi connectivity index (χ0v) is 6.75. The molecule has 1 rings (SSSR count). The zero-order chi connectivity index (χ0) is 8.97. The molecule has 12 heavy (non-hydrogen) atoms. The van der Waals surface area contributed by atoms with Crippen LogP contribution in [0.5, 0.6) is 0 Å². The minimum atomic E-state index is -0.719. The van der Waals surface area contributed by atoms with Crippen LogP contribution in [0.3, 0.4) is 0 Å². The molecule has 1 fully saturated rings. The summed E-state index contributed by atoms with van der Waals surface area (Å²) in [6.45, 7) is 0. The number of rotatable bonds is 3. The lowest BCUT2D eigenvalue weighted by molar-refractivity contribution is -0.142. The summed E-state index contributed by atoms with van der Waals surface area (Å²) >= 11 is 0. The van der Waals surface area contributed by atoms with E-state index in [4.69, 9.17) is 5.11 Å². The maximum Gasteiger partial charge on any atom is 0.309 e. The van der Waals surface area contributed by atoms with E-state index in [0.29, 0.717) is 12.8 Å². The van der Waals surface area contributed by atoms with E-state index < -0.39 is 5.97 Å². The van der Waals surface area contributed by atoms with Crippen molar-refractivity contribution in [2.75, 3.05) is 0 Å². The molecule has 1 aliphatic carbocycles. The Hall–Kier alpha value is -1.06. The van der Waals surface area contributed by atoms with Gasteiger partial charge >= 0.3 is 12.4 Å². The number of carboxylic acids is 1. The van der Waals surface area contributed by atoms with Crippen molar-refractivity contribution in [1.82, 2.24) is 5.32 Å². The van der Waals surface area contributed by atoms with Gasteiger partial charge in [0.1, 0.15) is 0 Å². The van der Waals surface area contributed by atoms with Crippen LogP contribution in [-0.2, 0) is 9.59 Å². The number of hydrogen-bond acceptors (Lipinski definition) is 2. The molecule has 0 spiro atoms. The Kier molecular flexibility index (Phi) is 3.08. The molecule has 1 aliphatic rings. The van der Waals surface area contributed by atoms with Crippen molar-refractivity contribution in [2.45, 2.75) is 31.7 Å². The number of carbonyl (C=O) groups excluding carboxylic acids is 1. The van der Waals surface area contributed by atoms with Crippen molar-refractivity contribution < 1.29 is 14.7 Å². The number of carboxylic acid groups (broad SMARTS) is 1. The Morgan fingerprint density at radius 1 is 1.33 bits per heavy atom. The van der Waals surface area contributed by atoms with E-state index in [1.165, 1.54) is 0 Å². The van der Waals surface area contributed by atoms with E-state index in [2.05, 4.69) is 5.32 Å². The lowest BCUT2D eigenvalue weighted by Gasteiger charge is -2.24. The van der Waals surface area contributed by atoms with Crippen LogP contribution >= 0.6 is 0 Å². The molecule has 0 aromatic carbocycles. The van der Waals surface area contributed by atoms with Crippen LogP contribution in [0.4, 0.5) is 0 Å². The highest BCUT2D eigenvalue weighted by Gasteiger charge is 2.25. The quantitative estimate of drug-likeness (QED) is 0.598. The highest BCUT2D eigenvalue weighted by molar-refractivity contribution is 5.70. The zero-order valence-electron chi connectivity index (χ0n) is 6.75. The molecule has 4 nitrogen and oxygen atoms in total. The number of aliphatic carboxylic acids is 1. The summed E-state index contributed by atoms with van der Waals surface area (Å²) in [5.74, 6) is -0.932. The minimum Gasteiger partial charge on any atom is -0.481 e. The van der Waals surface area contributed by atoms with Crippen LogP contribution in [0.1, 0.15) is 25.7 Å². The van der Waals surface area contributed by atoms with Crippen molar-refractivity contribution in [3.05, 3.63) is 0 Å². The van der Waals surface area contributed by atoms with Crippen LogP contribution in [0.25, 0.3) is 0 Å². The molecule has 0 heterocycles. The molecule has 0 saturated heterocycles. The summed E-state index contributed by atoms with van der Waals surface area (Å²) in [5, 5.41) is 11.2. The molecule has 0 aromatic heterocycles. The smallest absolute Gasteiger partial charge is 0.309 e. The first-order chi connectivity index (χ1) is 5.74. The standard InChI is InChI=1S/C8H12NO3/c10-5-9-7-3-1-6(2-4-7)8(11)12/h6-7H,1-4H2,(H,9,10)(H,11,12). The SMILES string of the molecule is O=[C]NC1CCC(C(=O)O)CC1. The minimum absolute atomic E-state index is 0.137. The summed E-state index contributed by atoms with van der Waals surface area (Å²) in [7, 11) is 0. The number of amides is 1. The highest BCUT2D eigenvalue weighted by atomic mass is 16.4. The van der Waals surface area contributed by atoms with Crippen LogP contribution in [-0.4, -0.2) is 23.5 Å². The van der Waals surface area contributed by atoms with Crippen molar-refractivity contribution in [3.8, 4) is 0 Å². The predicted octanol–water partition coefficient (Wildman–Crippen LogP) is 0.287. The number of nitrogens with one attached hydrogen (secondary N) is 1. The normalized spacial score (nSPS) is 29.3. The molecule has 0 atom stereocenters. The van der Waals surface area contributed by atoms with E-state index in [9.17, 15) is 9.59 Å². The maximum atomic E-state index is 10.5.